The SMILES string of the molecule is COc1cccc2c1CC(CNCCCNC(=O)c1ccccc1)CC2. The van der Waals surface area contributed by atoms with Crippen molar-refractivity contribution >= 4 is 5.91 Å². The van der Waals surface area contributed by atoms with Crippen LogP contribution in [0.2, 0.25) is 0 Å². The molecule has 2 aromatic carbocycles. The van der Waals surface area contributed by atoms with Gasteiger partial charge in [-0.15, -0.1) is 0 Å². The Morgan fingerprint density at radius 2 is 1.96 bits per heavy atom. The first-order chi connectivity index (χ1) is 12.8. The summed E-state index contributed by atoms with van der Waals surface area (Å²) in [5.74, 6) is 1.68. The summed E-state index contributed by atoms with van der Waals surface area (Å²) in [6.45, 7) is 2.64. The van der Waals surface area contributed by atoms with E-state index in [-0.39, 0.29) is 5.91 Å². The molecule has 26 heavy (non-hydrogen) atoms. The van der Waals surface area contributed by atoms with Crippen LogP contribution in [0.25, 0.3) is 0 Å². The Bertz CT molecular complexity index is 701. The van der Waals surface area contributed by atoms with Crippen LogP contribution in [0.4, 0.5) is 0 Å². The molecular weight excluding hydrogens is 324 g/mol. The molecule has 2 N–H and O–H groups in total. The fourth-order valence-corrected chi connectivity index (χ4v) is 3.61. The van der Waals surface area contributed by atoms with Gasteiger partial charge in [-0.3, -0.25) is 4.79 Å². The number of ether oxygens (including phenoxy) is 1. The van der Waals surface area contributed by atoms with E-state index in [1.807, 2.05) is 30.3 Å². The molecule has 1 aliphatic rings. The highest BCUT2D eigenvalue weighted by Crippen LogP contribution is 2.31. The predicted molar refractivity (Wildman–Crippen MR) is 105 cm³/mol. The van der Waals surface area contributed by atoms with Gasteiger partial charge >= 0.3 is 0 Å². The lowest BCUT2D eigenvalue weighted by molar-refractivity contribution is 0.0953. The zero-order valence-corrected chi connectivity index (χ0v) is 15.5. The number of carbonyl (C=O) groups is 1. The average molecular weight is 352 g/mol. The van der Waals surface area contributed by atoms with Gasteiger partial charge in [0.15, 0.2) is 0 Å². The molecule has 1 aliphatic carbocycles. The normalized spacial score (nSPS) is 16.0. The second-order valence-corrected chi connectivity index (χ2v) is 6.89. The molecule has 138 valence electrons. The first kappa shape index (κ1) is 18.5. The first-order valence-electron chi connectivity index (χ1n) is 9.46. The number of rotatable bonds is 8. The topological polar surface area (TPSA) is 50.4 Å². The molecule has 1 atom stereocenters. The van der Waals surface area contributed by atoms with Crippen LogP contribution in [0.5, 0.6) is 5.75 Å². The largest absolute Gasteiger partial charge is 0.496 e. The number of methoxy groups -OCH3 is 1. The van der Waals surface area contributed by atoms with Gasteiger partial charge in [0.2, 0.25) is 0 Å². The van der Waals surface area contributed by atoms with E-state index in [1.165, 1.54) is 17.5 Å². The Labute approximate surface area is 156 Å². The van der Waals surface area contributed by atoms with E-state index in [0.29, 0.717) is 12.5 Å². The van der Waals surface area contributed by atoms with Gasteiger partial charge in [0.1, 0.15) is 5.75 Å². The monoisotopic (exact) mass is 352 g/mol. The number of aryl methyl sites for hydroxylation is 1. The molecule has 1 unspecified atom stereocenters. The number of fused-ring (bicyclic) bond motifs is 1. The van der Waals surface area contributed by atoms with Crippen molar-refractivity contribution in [2.24, 2.45) is 5.92 Å². The van der Waals surface area contributed by atoms with Crippen LogP contribution in [0.15, 0.2) is 48.5 Å². The molecule has 0 bridgehead atoms. The van der Waals surface area contributed by atoms with E-state index in [0.717, 1.165) is 43.7 Å². The van der Waals surface area contributed by atoms with Crippen molar-refractivity contribution in [3.63, 3.8) is 0 Å². The summed E-state index contributed by atoms with van der Waals surface area (Å²) in [6.07, 6.45) is 4.37. The quantitative estimate of drug-likeness (QED) is 0.717. The predicted octanol–water partition coefficient (Wildman–Crippen LogP) is 3.21. The van der Waals surface area contributed by atoms with Crippen molar-refractivity contribution in [3.8, 4) is 5.75 Å². The van der Waals surface area contributed by atoms with Gasteiger partial charge in [-0.25, -0.2) is 0 Å². The lowest BCUT2D eigenvalue weighted by atomic mass is 9.83. The minimum atomic E-state index is 0.00147. The highest BCUT2D eigenvalue weighted by atomic mass is 16.5. The second-order valence-electron chi connectivity index (χ2n) is 6.89. The molecule has 0 saturated heterocycles. The maximum absolute atomic E-state index is 12.0. The van der Waals surface area contributed by atoms with E-state index in [1.54, 1.807) is 7.11 Å². The van der Waals surface area contributed by atoms with Gasteiger partial charge in [0.25, 0.3) is 5.91 Å². The summed E-state index contributed by atoms with van der Waals surface area (Å²) in [5, 5.41) is 6.51. The van der Waals surface area contributed by atoms with E-state index < -0.39 is 0 Å². The van der Waals surface area contributed by atoms with Crippen LogP contribution in [0.3, 0.4) is 0 Å². The van der Waals surface area contributed by atoms with Crippen LogP contribution in [-0.2, 0) is 12.8 Å². The summed E-state index contributed by atoms with van der Waals surface area (Å²) in [4.78, 5) is 12.0. The summed E-state index contributed by atoms with van der Waals surface area (Å²) < 4.78 is 5.52. The second kappa shape index (κ2) is 9.39. The molecule has 1 amide bonds. The molecule has 0 radical (unpaired) electrons. The van der Waals surface area contributed by atoms with Crippen molar-refractivity contribution in [3.05, 3.63) is 65.2 Å². The van der Waals surface area contributed by atoms with Crippen molar-refractivity contribution in [2.45, 2.75) is 25.7 Å². The summed E-state index contributed by atoms with van der Waals surface area (Å²) >= 11 is 0. The van der Waals surface area contributed by atoms with Gasteiger partial charge in [0, 0.05) is 12.1 Å². The number of hydrogen-bond donors (Lipinski definition) is 2. The van der Waals surface area contributed by atoms with E-state index in [9.17, 15) is 4.79 Å². The van der Waals surface area contributed by atoms with E-state index in [4.69, 9.17) is 4.74 Å². The third-order valence-electron chi connectivity index (χ3n) is 5.05. The van der Waals surface area contributed by atoms with Crippen molar-refractivity contribution in [1.29, 1.82) is 0 Å². The molecule has 3 rings (SSSR count). The van der Waals surface area contributed by atoms with Crippen LogP contribution < -0.4 is 15.4 Å². The zero-order valence-electron chi connectivity index (χ0n) is 15.5. The van der Waals surface area contributed by atoms with E-state index >= 15 is 0 Å². The third kappa shape index (κ3) is 4.85. The molecule has 0 heterocycles. The Morgan fingerprint density at radius 3 is 2.77 bits per heavy atom. The van der Waals surface area contributed by atoms with Gasteiger partial charge in [0.05, 0.1) is 7.11 Å². The van der Waals surface area contributed by atoms with Gasteiger partial charge in [-0.1, -0.05) is 30.3 Å². The third-order valence-corrected chi connectivity index (χ3v) is 5.05. The van der Waals surface area contributed by atoms with Gasteiger partial charge in [-0.2, -0.15) is 0 Å². The lowest BCUT2D eigenvalue weighted by Gasteiger charge is -2.26. The fraction of sp³-hybridized carbons (Fsp3) is 0.409. The zero-order chi connectivity index (χ0) is 18.2. The molecule has 0 spiro atoms. The van der Waals surface area contributed by atoms with Crippen molar-refractivity contribution in [1.82, 2.24) is 10.6 Å². The Morgan fingerprint density at radius 1 is 1.12 bits per heavy atom. The minimum Gasteiger partial charge on any atom is -0.496 e. The summed E-state index contributed by atoms with van der Waals surface area (Å²) in [5.41, 5.74) is 3.53. The molecule has 2 aromatic rings. The maximum Gasteiger partial charge on any atom is 0.251 e. The van der Waals surface area contributed by atoms with E-state index in [2.05, 4.69) is 28.8 Å². The Balaban J connectivity index is 1.34. The van der Waals surface area contributed by atoms with Crippen LogP contribution in [0.1, 0.15) is 34.3 Å². The Kier molecular flexibility index (Phi) is 6.67. The first-order valence-corrected chi connectivity index (χ1v) is 9.46. The Hall–Kier alpha value is -2.33. The lowest BCUT2D eigenvalue weighted by Crippen LogP contribution is -2.31. The van der Waals surface area contributed by atoms with Gasteiger partial charge in [-0.05, 0) is 74.0 Å². The molecule has 0 saturated carbocycles. The number of benzene rings is 2. The number of carbonyl (C=O) groups excluding carboxylic acids is 1. The smallest absolute Gasteiger partial charge is 0.251 e. The average Bonchev–Trinajstić information content (AvgIpc) is 2.70. The highest BCUT2D eigenvalue weighted by molar-refractivity contribution is 5.94. The molecule has 0 aliphatic heterocycles. The molecule has 4 nitrogen and oxygen atoms in total. The molecular formula is C22H28N2O2. The highest BCUT2D eigenvalue weighted by Gasteiger charge is 2.21. The van der Waals surface area contributed by atoms with Crippen molar-refractivity contribution in [2.75, 3.05) is 26.7 Å². The van der Waals surface area contributed by atoms with Crippen LogP contribution in [-0.4, -0.2) is 32.7 Å². The number of nitrogens with one attached hydrogen (secondary N) is 2. The van der Waals surface area contributed by atoms with Gasteiger partial charge < -0.3 is 15.4 Å². The number of hydrogen-bond acceptors (Lipinski definition) is 3. The minimum absolute atomic E-state index is 0.00147. The molecule has 0 fully saturated rings. The fourth-order valence-electron chi connectivity index (χ4n) is 3.61. The maximum atomic E-state index is 12.0. The van der Waals surface area contributed by atoms with Crippen molar-refractivity contribution < 1.29 is 9.53 Å². The summed E-state index contributed by atoms with van der Waals surface area (Å²) in [6, 6.07) is 15.7. The number of amides is 1. The molecule has 0 aromatic heterocycles. The standard InChI is InChI=1S/C22H28N2O2/c1-26-21-10-5-9-18-12-11-17(15-20(18)21)16-23-13-6-14-24-22(25)19-7-3-2-4-8-19/h2-5,7-10,17,23H,6,11-16H2,1H3,(H,24,25). The van der Waals surface area contributed by atoms with Crippen LogP contribution >= 0.6 is 0 Å². The molecule has 4 heteroatoms. The summed E-state index contributed by atoms with van der Waals surface area (Å²) in [7, 11) is 1.75. The van der Waals surface area contributed by atoms with Crippen LogP contribution in [0, 0.1) is 5.92 Å².